The van der Waals surface area contributed by atoms with Crippen LogP contribution < -0.4 is 5.43 Å². The highest BCUT2D eigenvalue weighted by Crippen LogP contribution is 2.29. The molecule has 0 radical (unpaired) electrons. The molecule has 1 N–H and O–H groups in total. The number of hydrogen-bond donors (Lipinski definition) is 1. The van der Waals surface area contributed by atoms with E-state index < -0.39 is 14.9 Å². The number of anilines is 1. The Labute approximate surface area is 149 Å². The number of nitro benzene ring substituents is 1. The summed E-state index contributed by atoms with van der Waals surface area (Å²) < 4.78 is 37.3. The molecule has 2 heterocycles. The van der Waals surface area contributed by atoms with Crippen LogP contribution >= 0.6 is 0 Å². The number of nitrogens with zero attached hydrogens (tertiary/aromatic N) is 3. The van der Waals surface area contributed by atoms with Gasteiger partial charge in [0, 0.05) is 25.2 Å². The first-order chi connectivity index (χ1) is 12.5. The highest BCUT2D eigenvalue weighted by Gasteiger charge is 2.30. The van der Waals surface area contributed by atoms with Crippen LogP contribution in [0.5, 0.6) is 0 Å². The van der Waals surface area contributed by atoms with E-state index in [1.54, 1.807) is 12.1 Å². The number of benzene rings is 1. The lowest BCUT2D eigenvalue weighted by molar-refractivity contribution is -0.385. The van der Waals surface area contributed by atoms with Crippen LogP contribution in [0.3, 0.4) is 0 Å². The summed E-state index contributed by atoms with van der Waals surface area (Å²) in [4.78, 5) is 10.2. The summed E-state index contributed by atoms with van der Waals surface area (Å²) >= 11 is 0. The Morgan fingerprint density at radius 3 is 2.69 bits per heavy atom. The monoisotopic (exact) mass is 380 g/mol. The molecule has 0 amide bonds. The molecular formula is C15H16N4O6S. The zero-order valence-corrected chi connectivity index (χ0v) is 14.4. The number of nitrogens with one attached hydrogen (secondary N) is 1. The molecule has 0 atom stereocenters. The Bertz CT molecular complexity index is 904. The molecule has 11 heteroatoms. The van der Waals surface area contributed by atoms with Crippen LogP contribution in [0.1, 0.15) is 5.76 Å². The van der Waals surface area contributed by atoms with E-state index in [4.69, 9.17) is 9.15 Å². The fourth-order valence-corrected chi connectivity index (χ4v) is 3.96. The molecule has 1 aliphatic rings. The minimum atomic E-state index is -3.94. The molecule has 26 heavy (non-hydrogen) atoms. The van der Waals surface area contributed by atoms with Gasteiger partial charge in [0.1, 0.15) is 10.7 Å². The van der Waals surface area contributed by atoms with Crippen molar-refractivity contribution in [2.75, 3.05) is 31.7 Å². The first kappa shape index (κ1) is 18.0. The van der Waals surface area contributed by atoms with Gasteiger partial charge in [0.2, 0.25) is 10.0 Å². The van der Waals surface area contributed by atoms with Gasteiger partial charge < -0.3 is 9.15 Å². The van der Waals surface area contributed by atoms with Gasteiger partial charge in [0.15, 0.2) is 0 Å². The lowest BCUT2D eigenvalue weighted by Gasteiger charge is -2.26. The van der Waals surface area contributed by atoms with Gasteiger partial charge >= 0.3 is 0 Å². The molecule has 1 aromatic carbocycles. The Kier molecular flexibility index (Phi) is 5.30. The number of non-ortho nitro benzene ring substituents is 1. The number of sulfonamides is 1. The van der Waals surface area contributed by atoms with E-state index in [0.29, 0.717) is 5.76 Å². The topological polar surface area (TPSA) is 127 Å². The molecule has 1 aromatic heterocycles. The summed E-state index contributed by atoms with van der Waals surface area (Å²) in [6, 6.07) is 6.90. The fourth-order valence-electron chi connectivity index (χ4n) is 2.39. The molecular weight excluding hydrogens is 364 g/mol. The lowest BCUT2D eigenvalue weighted by atomic mass is 10.3. The maximum absolute atomic E-state index is 12.9. The average Bonchev–Trinajstić information content (AvgIpc) is 3.16. The molecule has 0 unspecified atom stereocenters. The van der Waals surface area contributed by atoms with Crippen LogP contribution in [0.2, 0.25) is 0 Å². The van der Waals surface area contributed by atoms with Crippen LogP contribution in [0, 0.1) is 10.1 Å². The van der Waals surface area contributed by atoms with Gasteiger partial charge in [-0.25, -0.2) is 8.42 Å². The second-order valence-corrected chi connectivity index (χ2v) is 7.25. The van der Waals surface area contributed by atoms with Gasteiger partial charge in [-0.2, -0.15) is 9.41 Å². The first-order valence-electron chi connectivity index (χ1n) is 7.67. The number of ether oxygens (including phenoxy) is 1. The highest BCUT2D eigenvalue weighted by atomic mass is 32.2. The van der Waals surface area contributed by atoms with Gasteiger partial charge in [-0.1, -0.05) is 0 Å². The first-order valence-corrected chi connectivity index (χ1v) is 9.11. The molecule has 1 fully saturated rings. The van der Waals surface area contributed by atoms with E-state index in [2.05, 4.69) is 10.5 Å². The van der Waals surface area contributed by atoms with Gasteiger partial charge in [0.25, 0.3) is 5.69 Å². The van der Waals surface area contributed by atoms with E-state index >= 15 is 0 Å². The molecule has 2 aromatic rings. The summed E-state index contributed by atoms with van der Waals surface area (Å²) in [5.74, 6) is 0.469. The molecule has 1 aliphatic heterocycles. The van der Waals surface area contributed by atoms with E-state index in [1.165, 1.54) is 28.9 Å². The number of furan rings is 1. The predicted octanol–water partition coefficient (Wildman–Crippen LogP) is 1.65. The maximum atomic E-state index is 12.9. The van der Waals surface area contributed by atoms with E-state index in [0.717, 1.165) is 6.07 Å². The van der Waals surface area contributed by atoms with E-state index in [-0.39, 0.29) is 42.6 Å². The SMILES string of the molecule is O=[N+]([O-])c1ccc(NN=Cc2ccco2)c(S(=O)(=O)N2CCOCC2)c1. The number of rotatable bonds is 6. The normalized spacial score (nSPS) is 16.0. The van der Waals surface area contributed by atoms with Crippen molar-refractivity contribution >= 4 is 27.6 Å². The third kappa shape index (κ3) is 3.90. The van der Waals surface area contributed by atoms with Crippen molar-refractivity contribution in [3.8, 4) is 0 Å². The van der Waals surface area contributed by atoms with Crippen LogP contribution in [-0.2, 0) is 14.8 Å². The van der Waals surface area contributed by atoms with Crippen molar-refractivity contribution in [3.05, 3.63) is 52.5 Å². The zero-order valence-electron chi connectivity index (χ0n) is 13.6. The van der Waals surface area contributed by atoms with Crippen LogP contribution in [0.4, 0.5) is 11.4 Å². The third-order valence-corrected chi connectivity index (χ3v) is 5.62. The summed E-state index contributed by atoms with van der Waals surface area (Å²) in [7, 11) is -3.94. The standard InChI is InChI=1S/C15H16N4O6S/c20-19(21)12-3-4-14(17-16-11-13-2-1-7-25-13)15(10-12)26(22,23)18-5-8-24-9-6-18/h1-4,7,10-11,17H,5-6,8-9H2. The van der Waals surface area contributed by atoms with Gasteiger partial charge in [0.05, 0.1) is 36.3 Å². The van der Waals surface area contributed by atoms with Crippen molar-refractivity contribution in [3.63, 3.8) is 0 Å². The summed E-state index contributed by atoms with van der Waals surface area (Å²) in [5.41, 5.74) is 2.42. The molecule has 0 saturated carbocycles. The minimum absolute atomic E-state index is 0.130. The summed E-state index contributed by atoms with van der Waals surface area (Å²) in [6.07, 6.45) is 2.84. The lowest BCUT2D eigenvalue weighted by Crippen LogP contribution is -2.40. The predicted molar refractivity (Wildman–Crippen MR) is 92.6 cm³/mol. The molecule has 0 aliphatic carbocycles. The highest BCUT2D eigenvalue weighted by molar-refractivity contribution is 7.89. The second kappa shape index (κ2) is 7.64. The molecule has 0 spiro atoms. The number of hydrogen-bond acceptors (Lipinski definition) is 8. The smallest absolute Gasteiger partial charge is 0.270 e. The zero-order chi connectivity index (χ0) is 18.6. The summed E-state index contributed by atoms with van der Waals surface area (Å²) in [5, 5.41) is 15.0. The van der Waals surface area contributed by atoms with Gasteiger partial charge in [-0.05, 0) is 18.2 Å². The van der Waals surface area contributed by atoms with E-state index in [1.807, 2.05) is 0 Å². The molecule has 1 saturated heterocycles. The Morgan fingerprint density at radius 2 is 2.04 bits per heavy atom. The average molecular weight is 380 g/mol. The fraction of sp³-hybridized carbons (Fsp3) is 0.267. The van der Waals surface area contributed by atoms with E-state index in [9.17, 15) is 18.5 Å². The molecule has 3 rings (SSSR count). The Balaban J connectivity index is 1.94. The maximum Gasteiger partial charge on any atom is 0.270 e. The Hall–Kier alpha value is -2.76. The largest absolute Gasteiger partial charge is 0.463 e. The van der Waals surface area contributed by atoms with Crippen molar-refractivity contribution < 1.29 is 22.5 Å². The van der Waals surface area contributed by atoms with Gasteiger partial charge in [-0.15, -0.1) is 0 Å². The molecule has 0 bridgehead atoms. The van der Waals surface area contributed by atoms with Crippen molar-refractivity contribution in [1.82, 2.24) is 4.31 Å². The molecule has 138 valence electrons. The summed E-state index contributed by atoms with van der Waals surface area (Å²) in [6.45, 7) is 0.904. The third-order valence-electron chi connectivity index (χ3n) is 3.68. The van der Waals surface area contributed by atoms with Crippen molar-refractivity contribution in [1.29, 1.82) is 0 Å². The quantitative estimate of drug-likeness (QED) is 0.458. The number of morpholine rings is 1. The molecule has 10 nitrogen and oxygen atoms in total. The Morgan fingerprint density at radius 1 is 1.27 bits per heavy atom. The number of nitro groups is 1. The van der Waals surface area contributed by atoms with Crippen molar-refractivity contribution in [2.45, 2.75) is 4.90 Å². The van der Waals surface area contributed by atoms with Crippen LogP contribution in [0.25, 0.3) is 0 Å². The number of hydrazone groups is 1. The van der Waals surface area contributed by atoms with Gasteiger partial charge in [-0.3, -0.25) is 15.5 Å². The van der Waals surface area contributed by atoms with Crippen LogP contribution in [0.15, 0.2) is 51.0 Å². The second-order valence-electron chi connectivity index (χ2n) is 5.34. The van der Waals surface area contributed by atoms with Crippen molar-refractivity contribution in [2.24, 2.45) is 5.10 Å². The minimum Gasteiger partial charge on any atom is -0.463 e. The van der Waals surface area contributed by atoms with Crippen LogP contribution in [-0.4, -0.2) is 50.2 Å².